The van der Waals surface area contributed by atoms with Crippen molar-refractivity contribution in [1.29, 1.82) is 0 Å². The Morgan fingerprint density at radius 1 is 1.20 bits per heavy atom. The van der Waals surface area contributed by atoms with Crippen molar-refractivity contribution in [2.45, 2.75) is 31.0 Å². The Kier molecular flexibility index (Phi) is 1.64. The second kappa shape index (κ2) is 2.49. The molecule has 58 valence electrons. The summed E-state index contributed by atoms with van der Waals surface area (Å²) >= 11 is 0. The van der Waals surface area contributed by atoms with E-state index in [4.69, 9.17) is 9.84 Å². The molecule has 3 nitrogen and oxygen atoms in total. The lowest BCUT2D eigenvalue weighted by Crippen LogP contribution is -2.55. The fourth-order valence-corrected chi connectivity index (χ4v) is 1.39. The van der Waals surface area contributed by atoms with Crippen LogP contribution in [-0.2, 0) is 4.74 Å². The summed E-state index contributed by atoms with van der Waals surface area (Å²) < 4.78 is 5.01. The van der Waals surface area contributed by atoms with E-state index in [9.17, 15) is 0 Å². The molecule has 3 heteroatoms. The van der Waals surface area contributed by atoms with Crippen LogP contribution in [-0.4, -0.2) is 36.5 Å². The average Bonchev–Trinajstić information content (AvgIpc) is 1.72. The molecule has 0 bridgehead atoms. The molecule has 2 fully saturated rings. The summed E-state index contributed by atoms with van der Waals surface area (Å²) in [7, 11) is 0. The van der Waals surface area contributed by atoms with Gasteiger partial charge in [-0.3, -0.25) is 0 Å². The van der Waals surface area contributed by atoms with Crippen molar-refractivity contribution in [2.24, 2.45) is 0 Å². The average molecular weight is 143 g/mol. The largest absolute Gasteiger partial charge is 0.393 e. The molecule has 0 spiro atoms. The molecule has 2 aliphatic rings. The summed E-state index contributed by atoms with van der Waals surface area (Å²) in [5, 5.41) is 12.3. The van der Waals surface area contributed by atoms with E-state index in [0.29, 0.717) is 12.1 Å². The van der Waals surface area contributed by atoms with Crippen LogP contribution in [0.5, 0.6) is 0 Å². The van der Waals surface area contributed by atoms with Crippen LogP contribution in [0.15, 0.2) is 0 Å². The van der Waals surface area contributed by atoms with Crippen molar-refractivity contribution in [2.75, 3.05) is 13.2 Å². The second-order valence-corrected chi connectivity index (χ2v) is 3.22. The maximum Gasteiger partial charge on any atom is 0.0643 e. The molecule has 0 aromatic rings. The summed E-state index contributed by atoms with van der Waals surface area (Å²) in [5.41, 5.74) is 0. The summed E-state index contributed by atoms with van der Waals surface area (Å²) in [6.45, 7) is 1.71. The maximum absolute atomic E-state index is 8.95. The van der Waals surface area contributed by atoms with Crippen LogP contribution in [0.1, 0.15) is 12.8 Å². The van der Waals surface area contributed by atoms with Crippen LogP contribution in [0.2, 0.25) is 0 Å². The Balaban J connectivity index is 1.62. The van der Waals surface area contributed by atoms with Crippen LogP contribution < -0.4 is 5.32 Å². The summed E-state index contributed by atoms with van der Waals surface area (Å²) in [6.07, 6.45) is 1.81. The lowest BCUT2D eigenvalue weighted by Gasteiger charge is -2.38. The van der Waals surface area contributed by atoms with Crippen molar-refractivity contribution in [1.82, 2.24) is 5.32 Å². The van der Waals surface area contributed by atoms with Gasteiger partial charge in [-0.15, -0.1) is 0 Å². The molecule has 0 unspecified atom stereocenters. The molecule has 0 atom stereocenters. The monoisotopic (exact) mass is 143 g/mol. The second-order valence-electron chi connectivity index (χ2n) is 3.22. The summed E-state index contributed by atoms with van der Waals surface area (Å²) in [5.74, 6) is 0. The Morgan fingerprint density at radius 3 is 2.30 bits per heavy atom. The van der Waals surface area contributed by atoms with E-state index < -0.39 is 0 Å². The zero-order valence-corrected chi connectivity index (χ0v) is 5.92. The number of hydrogen-bond acceptors (Lipinski definition) is 3. The third kappa shape index (κ3) is 1.17. The van der Waals surface area contributed by atoms with Crippen molar-refractivity contribution < 1.29 is 9.84 Å². The van der Waals surface area contributed by atoms with Crippen LogP contribution in [0.3, 0.4) is 0 Å². The Morgan fingerprint density at radius 2 is 1.90 bits per heavy atom. The molecule has 0 amide bonds. The lowest BCUT2D eigenvalue weighted by atomic mass is 9.89. The Labute approximate surface area is 60.4 Å². The molecule has 1 saturated heterocycles. The molecular formula is C7H13NO2. The molecule has 10 heavy (non-hydrogen) atoms. The molecule has 2 rings (SSSR count). The zero-order chi connectivity index (χ0) is 6.97. The minimum Gasteiger partial charge on any atom is -0.393 e. The van der Waals surface area contributed by atoms with Gasteiger partial charge in [0, 0.05) is 6.04 Å². The predicted molar refractivity (Wildman–Crippen MR) is 36.8 cm³/mol. The molecule has 0 aromatic heterocycles. The normalized spacial score (nSPS) is 40.5. The van der Waals surface area contributed by atoms with Crippen molar-refractivity contribution >= 4 is 0 Å². The van der Waals surface area contributed by atoms with E-state index in [-0.39, 0.29) is 6.10 Å². The zero-order valence-electron chi connectivity index (χ0n) is 5.92. The molecule has 0 aromatic carbocycles. The summed E-state index contributed by atoms with van der Waals surface area (Å²) in [6, 6.07) is 1.13. The molecule has 1 aliphatic heterocycles. The predicted octanol–water partition coefficient (Wildman–Crippen LogP) is -0.502. The van der Waals surface area contributed by atoms with Crippen molar-refractivity contribution in [3.63, 3.8) is 0 Å². The van der Waals surface area contributed by atoms with Crippen molar-refractivity contribution in [3.8, 4) is 0 Å². The minimum atomic E-state index is -0.0431. The molecular weight excluding hydrogens is 130 g/mol. The van der Waals surface area contributed by atoms with Gasteiger partial charge in [-0.05, 0) is 12.8 Å². The SMILES string of the molecule is OC1CC(NC2COC2)C1. The van der Waals surface area contributed by atoms with Gasteiger partial charge in [0.1, 0.15) is 0 Å². The highest BCUT2D eigenvalue weighted by Crippen LogP contribution is 2.20. The highest BCUT2D eigenvalue weighted by Gasteiger charge is 2.30. The first-order chi connectivity index (χ1) is 4.84. The van der Waals surface area contributed by atoms with E-state index in [0.717, 1.165) is 26.1 Å². The van der Waals surface area contributed by atoms with Gasteiger partial charge in [-0.2, -0.15) is 0 Å². The number of ether oxygens (including phenoxy) is 1. The number of aliphatic hydroxyl groups excluding tert-OH is 1. The first-order valence-corrected chi connectivity index (χ1v) is 3.86. The van der Waals surface area contributed by atoms with Gasteiger partial charge >= 0.3 is 0 Å². The third-order valence-electron chi connectivity index (χ3n) is 2.22. The van der Waals surface area contributed by atoms with Crippen LogP contribution in [0.25, 0.3) is 0 Å². The van der Waals surface area contributed by atoms with Crippen LogP contribution >= 0.6 is 0 Å². The smallest absolute Gasteiger partial charge is 0.0643 e. The third-order valence-corrected chi connectivity index (χ3v) is 2.22. The van der Waals surface area contributed by atoms with Gasteiger partial charge in [-0.25, -0.2) is 0 Å². The van der Waals surface area contributed by atoms with Crippen LogP contribution in [0.4, 0.5) is 0 Å². The van der Waals surface area contributed by atoms with Gasteiger partial charge in [0.05, 0.1) is 25.4 Å². The number of aliphatic hydroxyl groups is 1. The van der Waals surface area contributed by atoms with Crippen LogP contribution in [0, 0.1) is 0 Å². The fraction of sp³-hybridized carbons (Fsp3) is 1.00. The fourth-order valence-electron chi connectivity index (χ4n) is 1.39. The van der Waals surface area contributed by atoms with Gasteiger partial charge in [0.25, 0.3) is 0 Å². The van der Waals surface area contributed by atoms with E-state index in [1.165, 1.54) is 0 Å². The first kappa shape index (κ1) is 6.58. The molecule has 2 N–H and O–H groups in total. The molecule has 1 saturated carbocycles. The van der Waals surface area contributed by atoms with Gasteiger partial charge < -0.3 is 15.2 Å². The number of nitrogens with one attached hydrogen (secondary N) is 1. The highest BCUT2D eigenvalue weighted by atomic mass is 16.5. The van der Waals surface area contributed by atoms with Gasteiger partial charge in [-0.1, -0.05) is 0 Å². The molecule has 1 heterocycles. The van der Waals surface area contributed by atoms with E-state index in [1.54, 1.807) is 0 Å². The minimum absolute atomic E-state index is 0.0431. The van der Waals surface area contributed by atoms with Crippen molar-refractivity contribution in [3.05, 3.63) is 0 Å². The lowest BCUT2D eigenvalue weighted by molar-refractivity contribution is -0.0283. The first-order valence-electron chi connectivity index (χ1n) is 3.86. The highest BCUT2D eigenvalue weighted by molar-refractivity contribution is 4.88. The van der Waals surface area contributed by atoms with E-state index in [1.807, 2.05) is 0 Å². The Bertz CT molecular complexity index is 119. The number of hydrogen-bond donors (Lipinski definition) is 2. The van der Waals surface area contributed by atoms with Gasteiger partial charge in [0.15, 0.2) is 0 Å². The topological polar surface area (TPSA) is 41.5 Å². The van der Waals surface area contributed by atoms with Gasteiger partial charge in [0.2, 0.25) is 0 Å². The maximum atomic E-state index is 8.95. The number of rotatable bonds is 2. The molecule has 0 radical (unpaired) electrons. The van der Waals surface area contributed by atoms with E-state index >= 15 is 0 Å². The standard InChI is InChI=1S/C7H13NO2/c9-7-1-5(2-7)8-6-3-10-4-6/h5-9H,1-4H2. The Hall–Kier alpha value is -0.120. The molecule has 1 aliphatic carbocycles. The quantitative estimate of drug-likeness (QED) is 0.547. The summed E-state index contributed by atoms with van der Waals surface area (Å²) in [4.78, 5) is 0. The van der Waals surface area contributed by atoms with E-state index in [2.05, 4.69) is 5.32 Å².